The Balaban J connectivity index is 1.50. The first-order valence-corrected chi connectivity index (χ1v) is 12.6. The zero-order valence-electron chi connectivity index (χ0n) is 20.0. The lowest BCUT2D eigenvalue weighted by Crippen LogP contribution is -2.09. The van der Waals surface area contributed by atoms with Gasteiger partial charge in [0, 0.05) is 27.8 Å². The van der Waals surface area contributed by atoms with Crippen LogP contribution in [-0.4, -0.2) is 25.0 Å². The molecule has 0 spiro atoms. The second-order valence-corrected chi connectivity index (χ2v) is 9.33. The highest BCUT2D eigenvalue weighted by Crippen LogP contribution is 2.32. The highest BCUT2D eigenvalue weighted by atomic mass is 35.5. The molecule has 0 saturated carbocycles. The monoisotopic (exact) mass is 534 g/mol. The third kappa shape index (κ3) is 4.87. The van der Waals surface area contributed by atoms with Gasteiger partial charge in [0.2, 0.25) is 0 Å². The van der Waals surface area contributed by atoms with Crippen LogP contribution in [0.15, 0.2) is 115 Å². The summed E-state index contributed by atoms with van der Waals surface area (Å²) in [4.78, 5) is 4.98. The Morgan fingerprint density at radius 3 is 1.84 bits per heavy atom. The van der Waals surface area contributed by atoms with E-state index in [1.165, 1.54) is 0 Å². The van der Waals surface area contributed by atoms with E-state index >= 15 is 0 Å². The molecule has 6 rings (SSSR count). The Kier molecular flexibility index (Phi) is 6.56. The molecule has 0 unspecified atom stereocenters. The third-order valence-electron chi connectivity index (χ3n) is 5.93. The van der Waals surface area contributed by atoms with E-state index in [1.54, 1.807) is 16.8 Å². The minimum atomic E-state index is 0.345. The van der Waals surface area contributed by atoms with Gasteiger partial charge in [0.15, 0.2) is 5.82 Å². The van der Waals surface area contributed by atoms with Gasteiger partial charge in [-0.15, -0.1) is 15.3 Å². The van der Waals surface area contributed by atoms with Crippen molar-refractivity contribution in [1.82, 2.24) is 25.0 Å². The van der Waals surface area contributed by atoms with E-state index in [0.29, 0.717) is 38.9 Å². The Labute approximate surface area is 229 Å². The quantitative estimate of drug-likeness (QED) is 0.233. The molecular formula is C30H20Cl2N6. The van der Waals surface area contributed by atoms with Crippen molar-refractivity contribution in [1.29, 1.82) is 0 Å². The summed E-state index contributed by atoms with van der Waals surface area (Å²) in [5.74, 6) is 0.919. The number of nitrogens with zero attached hydrogens (tertiary/aromatic N) is 5. The van der Waals surface area contributed by atoms with Gasteiger partial charge in [-0.25, -0.2) is 4.98 Å². The molecule has 0 aliphatic heterocycles. The van der Waals surface area contributed by atoms with Crippen LogP contribution in [-0.2, 0) is 0 Å². The fourth-order valence-corrected chi connectivity index (χ4v) is 4.59. The van der Waals surface area contributed by atoms with Gasteiger partial charge < -0.3 is 5.32 Å². The van der Waals surface area contributed by atoms with Crippen LogP contribution in [0.3, 0.4) is 0 Å². The molecule has 4 aromatic carbocycles. The van der Waals surface area contributed by atoms with Gasteiger partial charge in [-0.2, -0.15) is 4.68 Å². The van der Waals surface area contributed by atoms with Crippen LogP contribution in [0.25, 0.3) is 39.7 Å². The van der Waals surface area contributed by atoms with E-state index in [-0.39, 0.29) is 0 Å². The van der Waals surface area contributed by atoms with Crippen molar-refractivity contribution >= 4 is 34.7 Å². The lowest BCUT2D eigenvalue weighted by atomic mass is 10.0. The van der Waals surface area contributed by atoms with E-state index in [1.807, 2.05) is 103 Å². The first-order valence-electron chi connectivity index (χ1n) is 11.9. The molecule has 6 nitrogen and oxygen atoms in total. The molecular weight excluding hydrogens is 515 g/mol. The Hall–Kier alpha value is -4.52. The standard InChI is InChI=1S/C30H20Cl2N6/c31-23-16-17-25(24(32)18-23)33-27-19-26(20-10-4-1-5-11-20)38(37-27)30-34-28(21-12-6-2-7-13-21)29(35-36-30)22-14-8-3-9-15-22/h1-19H,(H,33,37). The summed E-state index contributed by atoms with van der Waals surface area (Å²) in [7, 11) is 0. The average Bonchev–Trinajstić information content (AvgIpc) is 3.39. The predicted molar refractivity (Wildman–Crippen MR) is 153 cm³/mol. The van der Waals surface area contributed by atoms with Crippen LogP contribution < -0.4 is 5.32 Å². The number of hydrogen-bond acceptors (Lipinski definition) is 5. The molecule has 2 aromatic heterocycles. The molecule has 38 heavy (non-hydrogen) atoms. The fourth-order valence-electron chi connectivity index (χ4n) is 4.13. The van der Waals surface area contributed by atoms with Crippen molar-refractivity contribution in [3.63, 3.8) is 0 Å². The zero-order valence-corrected chi connectivity index (χ0v) is 21.5. The summed E-state index contributed by atoms with van der Waals surface area (Å²) in [5.41, 5.74) is 5.71. The molecule has 0 radical (unpaired) electrons. The molecule has 0 atom stereocenters. The first-order chi connectivity index (χ1) is 18.7. The Morgan fingerprint density at radius 2 is 1.21 bits per heavy atom. The van der Waals surface area contributed by atoms with Gasteiger partial charge in [0.25, 0.3) is 5.95 Å². The van der Waals surface area contributed by atoms with Crippen molar-refractivity contribution in [2.24, 2.45) is 0 Å². The molecule has 0 bridgehead atoms. The lowest BCUT2D eigenvalue weighted by Gasteiger charge is -2.11. The summed E-state index contributed by atoms with van der Waals surface area (Å²) in [6.45, 7) is 0. The highest BCUT2D eigenvalue weighted by molar-refractivity contribution is 6.36. The van der Waals surface area contributed by atoms with Crippen LogP contribution in [0.4, 0.5) is 11.5 Å². The summed E-state index contributed by atoms with van der Waals surface area (Å²) in [5, 5.41) is 18.3. The summed E-state index contributed by atoms with van der Waals surface area (Å²) < 4.78 is 1.69. The van der Waals surface area contributed by atoms with Crippen molar-refractivity contribution in [2.75, 3.05) is 5.32 Å². The van der Waals surface area contributed by atoms with Gasteiger partial charge >= 0.3 is 0 Å². The summed E-state index contributed by atoms with van der Waals surface area (Å²) >= 11 is 12.5. The molecule has 2 heterocycles. The van der Waals surface area contributed by atoms with Gasteiger partial charge in [0.1, 0.15) is 11.4 Å². The normalized spacial score (nSPS) is 10.9. The molecule has 184 valence electrons. The molecule has 6 aromatic rings. The molecule has 1 N–H and O–H groups in total. The van der Waals surface area contributed by atoms with Crippen LogP contribution in [0.2, 0.25) is 10.0 Å². The highest BCUT2D eigenvalue weighted by Gasteiger charge is 2.19. The minimum Gasteiger partial charge on any atom is -0.337 e. The van der Waals surface area contributed by atoms with Gasteiger partial charge in [-0.1, -0.05) is 114 Å². The van der Waals surface area contributed by atoms with Crippen molar-refractivity contribution in [3.8, 4) is 39.7 Å². The van der Waals surface area contributed by atoms with Crippen LogP contribution in [0, 0.1) is 0 Å². The van der Waals surface area contributed by atoms with E-state index in [9.17, 15) is 0 Å². The van der Waals surface area contributed by atoms with Crippen molar-refractivity contribution in [2.45, 2.75) is 0 Å². The topological polar surface area (TPSA) is 68.5 Å². The average molecular weight is 535 g/mol. The number of halogens is 2. The summed E-state index contributed by atoms with van der Waals surface area (Å²) in [6, 6.07) is 37.0. The van der Waals surface area contributed by atoms with Crippen LogP contribution >= 0.6 is 23.2 Å². The van der Waals surface area contributed by atoms with Gasteiger partial charge in [0.05, 0.1) is 16.4 Å². The zero-order chi connectivity index (χ0) is 25.9. The molecule has 8 heteroatoms. The SMILES string of the molecule is Clc1ccc(Nc2cc(-c3ccccc3)n(-c3nnc(-c4ccccc4)c(-c4ccccc4)n3)n2)c(Cl)c1. The Bertz CT molecular complexity index is 1700. The first kappa shape index (κ1) is 23.9. The molecule has 0 aliphatic rings. The number of nitrogens with one attached hydrogen (secondary N) is 1. The minimum absolute atomic E-state index is 0.345. The maximum atomic E-state index is 6.41. The maximum Gasteiger partial charge on any atom is 0.271 e. The predicted octanol–water partition coefficient (Wildman–Crippen LogP) is 8.11. The van der Waals surface area contributed by atoms with Crippen molar-refractivity contribution in [3.05, 3.63) is 125 Å². The van der Waals surface area contributed by atoms with E-state index < -0.39 is 0 Å². The van der Waals surface area contributed by atoms with Crippen molar-refractivity contribution < 1.29 is 0 Å². The second-order valence-electron chi connectivity index (χ2n) is 8.48. The second kappa shape index (κ2) is 10.5. The number of rotatable bonds is 6. The fraction of sp³-hybridized carbons (Fsp3) is 0. The van der Waals surface area contributed by atoms with Gasteiger partial charge in [-0.05, 0) is 18.2 Å². The summed E-state index contributed by atoms with van der Waals surface area (Å²) in [6.07, 6.45) is 0. The van der Waals surface area contributed by atoms with Crippen LogP contribution in [0.5, 0.6) is 0 Å². The number of aromatic nitrogens is 5. The van der Waals surface area contributed by atoms with E-state index in [4.69, 9.17) is 33.3 Å². The molecule has 0 saturated heterocycles. The smallest absolute Gasteiger partial charge is 0.271 e. The number of hydrogen-bond donors (Lipinski definition) is 1. The number of benzene rings is 4. The van der Waals surface area contributed by atoms with Gasteiger partial charge in [-0.3, -0.25) is 0 Å². The lowest BCUT2D eigenvalue weighted by molar-refractivity contribution is 0.785. The Morgan fingerprint density at radius 1 is 0.605 bits per heavy atom. The van der Waals surface area contributed by atoms with E-state index in [0.717, 1.165) is 22.4 Å². The third-order valence-corrected chi connectivity index (χ3v) is 6.48. The largest absolute Gasteiger partial charge is 0.337 e. The molecule has 0 amide bonds. The maximum absolute atomic E-state index is 6.41. The molecule has 0 fully saturated rings. The number of anilines is 2. The molecule has 0 aliphatic carbocycles. The van der Waals surface area contributed by atoms with E-state index in [2.05, 4.69) is 15.5 Å². The van der Waals surface area contributed by atoms with Crippen LogP contribution in [0.1, 0.15) is 0 Å².